The van der Waals surface area contributed by atoms with Gasteiger partial charge in [-0.25, -0.2) is 0 Å². The van der Waals surface area contributed by atoms with Gasteiger partial charge < -0.3 is 24.8 Å². The molecule has 0 aromatic rings. The van der Waals surface area contributed by atoms with Crippen molar-refractivity contribution in [1.82, 2.24) is 0 Å². The molecular weight excluding hydrogens is 200 g/mol. The molecule has 0 unspecified atom stereocenters. The van der Waals surface area contributed by atoms with Crippen LogP contribution in [0.25, 0.3) is 0 Å². The highest BCUT2D eigenvalue weighted by molar-refractivity contribution is 4.87. The molecule has 5 heteroatoms. The van der Waals surface area contributed by atoms with Crippen molar-refractivity contribution >= 4 is 0 Å². The Balaban J connectivity index is 2.46. The smallest absolute Gasteiger partial charge is 0.183 e. The highest BCUT2D eigenvalue weighted by Crippen LogP contribution is 2.22. The van der Waals surface area contributed by atoms with E-state index in [1.165, 1.54) is 0 Å². The van der Waals surface area contributed by atoms with Gasteiger partial charge in [0.15, 0.2) is 6.29 Å². The lowest BCUT2D eigenvalue weighted by Crippen LogP contribution is -2.57. The summed E-state index contributed by atoms with van der Waals surface area (Å²) in [5.41, 5.74) is 0. The fraction of sp³-hybridized carbons (Fsp3) is 1.00. The summed E-state index contributed by atoms with van der Waals surface area (Å²) in [5, 5.41) is 28.3. The molecule has 0 amide bonds. The van der Waals surface area contributed by atoms with Crippen LogP contribution in [0.15, 0.2) is 0 Å². The molecule has 5 atom stereocenters. The summed E-state index contributed by atoms with van der Waals surface area (Å²) in [5.74, 6) is 0. The van der Waals surface area contributed by atoms with Crippen molar-refractivity contribution in [1.29, 1.82) is 0 Å². The van der Waals surface area contributed by atoms with Crippen LogP contribution in [-0.2, 0) is 9.47 Å². The highest BCUT2D eigenvalue weighted by Gasteiger charge is 2.42. The SMILES string of the molecule is CCCCO[C@H]1[C@H](O)[C@H](O)[C@@H](O)O[C@@H]1C. The maximum Gasteiger partial charge on any atom is 0.183 e. The van der Waals surface area contributed by atoms with Crippen LogP contribution in [0, 0.1) is 0 Å². The Morgan fingerprint density at radius 1 is 1.20 bits per heavy atom. The molecule has 1 aliphatic rings. The predicted molar refractivity (Wildman–Crippen MR) is 53.2 cm³/mol. The summed E-state index contributed by atoms with van der Waals surface area (Å²) in [4.78, 5) is 0. The van der Waals surface area contributed by atoms with Crippen molar-refractivity contribution in [2.75, 3.05) is 6.61 Å². The fourth-order valence-corrected chi connectivity index (χ4v) is 1.62. The Kier molecular flexibility index (Phi) is 4.95. The number of aliphatic hydroxyl groups is 3. The predicted octanol–water partition coefficient (Wildman–Crippen LogP) is -0.369. The Morgan fingerprint density at radius 2 is 1.87 bits per heavy atom. The van der Waals surface area contributed by atoms with Gasteiger partial charge in [-0.15, -0.1) is 0 Å². The monoisotopic (exact) mass is 220 g/mol. The molecule has 1 aliphatic heterocycles. The van der Waals surface area contributed by atoms with Crippen molar-refractivity contribution in [3.8, 4) is 0 Å². The minimum atomic E-state index is -1.33. The van der Waals surface area contributed by atoms with E-state index < -0.39 is 30.7 Å². The third kappa shape index (κ3) is 3.12. The molecule has 3 N–H and O–H groups in total. The molecule has 0 radical (unpaired) electrons. The Labute approximate surface area is 89.6 Å². The van der Waals surface area contributed by atoms with E-state index in [0.717, 1.165) is 12.8 Å². The van der Waals surface area contributed by atoms with Crippen LogP contribution in [0.2, 0.25) is 0 Å². The quantitative estimate of drug-likeness (QED) is 0.563. The second-order valence-corrected chi connectivity index (χ2v) is 3.90. The zero-order valence-electron chi connectivity index (χ0n) is 9.17. The molecule has 1 rings (SSSR count). The molecule has 15 heavy (non-hydrogen) atoms. The molecule has 0 saturated carbocycles. The maximum atomic E-state index is 9.66. The molecule has 1 saturated heterocycles. The van der Waals surface area contributed by atoms with Gasteiger partial charge >= 0.3 is 0 Å². The molecule has 1 heterocycles. The van der Waals surface area contributed by atoms with Crippen molar-refractivity contribution in [2.24, 2.45) is 0 Å². The van der Waals surface area contributed by atoms with Crippen molar-refractivity contribution in [2.45, 2.75) is 57.4 Å². The van der Waals surface area contributed by atoms with Crippen LogP contribution < -0.4 is 0 Å². The molecular formula is C10H20O5. The van der Waals surface area contributed by atoms with Gasteiger partial charge in [0.2, 0.25) is 0 Å². The van der Waals surface area contributed by atoms with E-state index in [2.05, 4.69) is 0 Å². The van der Waals surface area contributed by atoms with E-state index in [1.807, 2.05) is 6.92 Å². The second-order valence-electron chi connectivity index (χ2n) is 3.90. The fourth-order valence-electron chi connectivity index (χ4n) is 1.62. The first kappa shape index (κ1) is 12.9. The number of hydrogen-bond acceptors (Lipinski definition) is 5. The Morgan fingerprint density at radius 3 is 2.47 bits per heavy atom. The van der Waals surface area contributed by atoms with Gasteiger partial charge in [-0.1, -0.05) is 13.3 Å². The van der Waals surface area contributed by atoms with Crippen molar-refractivity contribution < 1.29 is 24.8 Å². The topological polar surface area (TPSA) is 79.2 Å². The van der Waals surface area contributed by atoms with Crippen LogP contribution in [0.3, 0.4) is 0 Å². The van der Waals surface area contributed by atoms with Gasteiger partial charge in [0.05, 0.1) is 6.10 Å². The molecule has 90 valence electrons. The largest absolute Gasteiger partial charge is 0.387 e. The van der Waals surface area contributed by atoms with E-state index in [1.54, 1.807) is 6.92 Å². The highest BCUT2D eigenvalue weighted by atomic mass is 16.6. The van der Waals surface area contributed by atoms with E-state index in [9.17, 15) is 15.3 Å². The van der Waals surface area contributed by atoms with Gasteiger partial charge in [0, 0.05) is 6.61 Å². The maximum absolute atomic E-state index is 9.66. The number of ether oxygens (including phenoxy) is 2. The normalized spacial score (nSPS) is 41.8. The average molecular weight is 220 g/mol. The lowest BCUT2D eigenvalue weighted by Gasteiger charge is -2.39. The number of unbranched alkanes of at least 4 members (excludes halogenated alkanes) is 1. The minimum absolute atomic E-state index is 0.421. The summed E-state index contributed by atoms with van der Waals surface area (Å²) >= 11 is 0. The van der Waals surface area contributed by atoms with Gasteiger partial charge in [-0.2, -0.15) is 0 Å². The second kappa shape index (κ2) is 5.77. The summed E-state index contributed by atoms with van der Waals surface area (Å²) in [6.07, 6.45) is -2.82. The molecule has 0 bridgehead atoms. The summed E-state index contributed by atoms with van der Waals surface area (Å²) in [7, 11) is 0. The minimum Gasteiger partial charge on any atom is -0.387 e. The summed E-state index contributed by atoms with van der Waals surface area (Å²) in [6.45, 7) is 4.27. The van der Waals surface area contributed by atoms with Crippen LogP contribution in [0.1, 0.15) is 26.7 Å². The van der Waals surface area contributed by atoms with Crippen LogP contribution in [-0.4, -0.2) is 52.6 Å². The van der Waals surface area contributed by atoms with E-state index >= 15 is 0 Å². The van der Waals surface area contributed by atoms with Gasteiger partial charge in [-0.05, 0) is 13.3 Å². The third-order valence-electron chi connectivity index (χ3n) is 2.60. The third-order valence-corrected chi connectivity index (χ3v) is 2.60. The van der Waals surface area contributed by atoms with Gasteiger partial charge in [0.1, 0.15) is 18.3 Å². The first-order chi connectivity index (χ1) is 7.07. The average Bonchev–Trinajstić information content (AvgIpc) is 2.20. The zero-order valence-corrected chi connectivity index (χ0v) is 9.17. The van der Waals surface area contributed by atoms with Gasteiger partial charge in [0.25, 0.3) is 0 Å². The molecule has 0 aromatic carbocycles. The van der Waals surface area contributed by atoms with E-state index in [4.69, 9.17) is 9.47 Å². The van der Waals surface area contributed by atoms with Crippen LogP contribution in [0.4, 0.5) is 0 Å². The van der Waals surface area contributed by atoms with E-state index in [-0.39, 0.29) is 0 Å². The van der Waals surface area contributed by atoms with Crippen LogP contribution >= 0.6 is 0 Å². The lowest BCUT2D eigenvalue weighted by molar-refractivity contribution is -0.285. The number of aliphatic hydroxyl groups excluding tert-OH is 3. The van der Waals surface area contributed by atoms with Gasteiger partial charge in [-0.3, -0.25) is 0 Å². The Hall–Kier alpha value is -0.200. The molecule has 0 aliphatic carbocycles. The number of rotatable bonds is 4. The molecule has 1 fully saturated rings. The summed E-state index contributed by atoms with van der Waals surface area (Å²) < 4.78 is 10.5. The van der Waals surface area contributed by atoms with E-state index in [0.29, 0.717) is 6.61 Å². The Bertz CT molecular complexity index is 187. The first-order valence-corrected chi connectivity index (χ1v) is 5.39. The zero-order chi connectivity index (χ0) is 11.4. The lowest BCUT2D eigenvalue weighted by atomic mass is 10.00. The van der Waals surface area contributed by atoms with Crippen LogP contribution in [0.5, 0.6) is 0 Å². The molecule has 5 nitrogen and oxygen atoms in total. The summed E-state index contributed by atoms with van der Waals surface area (Å²) in [6, 6.07) is 0. The first-order valence-electron chi connectivity index (χ1n) is 5.39. The standard InChI is InChI=1S/C10H20O5/c1-3-4-5-14-9-6(2)15-10(13)8(12)7(9)11/h6-13H,3-5H2,1-2H3/t6-,7-,8+,9-,10+/m1/s1. The van der Waals surface area contributed by atoms with Crippen molar-refractivity contribution in [3.05, 3.63) is 0 Å². The number of hydrogen-bond donors (Lipinski definition) is 3. The molecule has 0 spiro atoms. The molecule has 0 aromatic heterocycles. The van der Waals surface area contributed by atoms with Crippen molar-refractivity contribution in [3.63, 3.8) is 0 Å².